The Morgan fingerprint density at radius 3 is 3.00 bits per heavy atom. The minimum atomic E-state index is -0.281. The number of carbonyl (C=O) groups excluding carboxylic acids is 1. The van der Waals surface area contributed by atoms with Crippen molar-refractivity contribution in [3.8, 4) is 0 Å². The largest absolute Gasteiger partial charge is 0.336 e. The number of rotatable bonds is 2. The number of hydrogen-bond acceptors (Lipinski definition) is 5. The molecule has 0 spiro atoms. The van der Waals surface area contributed by atoms with Crippen molar-refractivity contribution in [1.82, 2.24) is 20.1 Å². The summed E-state index contributed by atoms with van der Waals surface area (Å²) in [6.07, 6.45) is 3.20. The van der Waals surface area contributed by atoms with Crippen LogP contribution < -0.4 is 5.32 Å². The van der Waals surface area contributed by atoms with Gasteiger partial charge in [0.2, 0.25) is 5.95 Å². The van der Waals surface area contributed by atoms with Gasteiger partial charge in [0.1, 0.15) is 0 Å². The second-order valence-corrected chi connectivity index (χ2v) is 4.15. The van der Waals surface area contributed by atoms with Gasteiger partial charge in [0.15, 0.2) is 0 Å². The molecule has 0 aromatic carbocycles. The minimum absolute atomic E-state index is 0.281. The Morgan fingerprint density at radius 2 is 2.26 bits per heavy atom. The molecule has 0 aliphatic heterocycles. The van der Waals surface area contributed by atoms with Crippen LogP contribution in [0.3, 0.4) is 0 Å². The molecule has 96 valence electrons. The number of aromatic amines is 1. The third-order valence-electron chi connectivity index (χ3n) is 2.72. The van der Waals surface area contributed by atoms with E-state index in [0.29, 0.717) is 34.0 Å². The number of aryl methyl sites for hydroxylation is 2. The van der Waals surface area contributed by atoms with E-state index >= 15 is 0 Å². The molecule has 0 aliphatic carbocycles. The van der Waals surface area contributed by atoms with Crippen LogP contribution in [-0.2, 0) is 0 Å². The summed E-state index contributed by atoms with van der Waals surface area (Å²) in [7, 11) is 0. The first-order valence-corrected chi connectivity index (χ1v) is 5.69. The molecule has 7 nitrogen and oxygen atoms in total. The van der Waals surface area contributed by atoms with Crippen molar-refractivity contribution in [1.29, 1.82) is 0 Å². The highest BCUT2D eigenvalue weighted by Crippen LogP contribution is 2.22. The number of amides is 1. The molecule has 0 aliphatic rings. The van der Waals surface area contributed by atoms with Crippen molar-refractivity contribution in [2.45, 2.75) is 13.8 Å². The molecule has 0 radical (unpaired) electrons. The molecule has 3 rings (SSSR count). The molecular formula is C12H11N5O2. The summed E-state index contributed by atoms with van der Waals surface area (Å²) in [5.41, 5.74) is 2.15. The number of nitrogens with zero attached hydrogens (tertiary/aromatic N) is 3. The van der Waals surface area contributed by atoms with E-state index in [0.717, 1.165) is 0 Å². The lowest BCUT2D eigenvalue weighted by Gasteiger charge is -2.04. The average Bonchev–Trinajstić information content (AvgIpc) is 2.99. The van der Waals surface area contributed by atoms with Crippen LogP contribution in [0.2, 0.25) is 0 Å². The van der Waals surface area contributed by atoms with E-state index in [1.165, 1.54) is 0 Å². The first kappa shape index (κ1) is 11.4. The Hall–Kier alpha value is -2.70. The van der Waals surface area contributed by atoms with Gasteiger partial charge in [0.05, 0.1) is 16.6 Å². The van der Waals surface area contributed by atoms with Crippen LogP contribution in [0.15, 0.2) is 23.0 Å². The molecule has 0 saturated heterocycles. The summed E-state index contributed by atoms with van der Waals surface area (Å²) in [5.74, 6) is 0.110. The average molecular weight is 257 g/mol. The minimum Gasteiger partial charge on any atom is -0.336 e. The third kappa shape index (κ3) is 1.95. The van der Waals surface area contributed by atoms with Gasteiger partial charge in [-0.25, -0.2) is 9.97 Å². The first-order chi connectivity index (χ1) is 9.15. The van der Waals surface area contributed by atoms with Gasteiger partial charge in [-0.15, -0.1) is 0 Å². The molecule has 0 atom stereocenters. The van der Waals surface area contributed by atoms with Gasteiger partial charge in [0.25, 0.3) is 11.6 Å². The zero-order valence-electron chi connectivity index (χ0n) is 10.4. The number of fused-ring (bicyclic) bond motifs is 1. The van der Waals surface area contributed by atoms with Gasteiger partial charge < -0.3 is 9.51 Å². The monoisotopic (exact) mass is 257 g/mol. The Balaban J connectivity index is 2.08. The number of H-pyrrole nitrogens is 1. The topological polar surface area (TPSA) is 96.7 Å². The number of aromatic nitrogens is 4. The van der Waals surface area contributed by atoms with E-state index in [1.807, 2.05) is 0 Å². The molecule has 0 bridgehead atoms. The lowest BCUT2D eigenvalue weighted by molar-refractivity contribution is 0.102. The SMILES string of the molecule is Cc1cc(C(=O)Nc2ncc[nH]2)c2c(C)noc2n1. The van der Waals surface area contributed by atoms with E-state index in [4.69, 9.17) is 4.52 Å². The number of anilines is 1. The molecule has 2 N–H and O–H groups in total. The van der Waals surface area contributed by atoms with Crippen LogP contribution in [0.1, 0.15) is 21.7 Å². The predicted octanol–water partition coefficient (Wildman–Crippen LogP) is 1.82. The van der Waals surface area contributed by atoms with Gasteiger partial charge in [0, 0.05) is 18.1 Å². The quantitative estimate of drug-likeness (QED) is 0.729. The van der Waals surface area contributed by atoms with Crippen molar-refractivity contribution < 1.29 is 9.32 Å². The Labute approximate surface area is 108 Å². The second-order valence-electron chi connectivity index (χ2n) is 4.15. The van der Waals surface area contributed by atoms with Crippen LogP contribution in [0, 0.1) is 13.8 Å². The van der Waals surface area contributed by atoms with Gasteiger partial charge in [-0.3, -0.25) is 10.1 Å². The van der Waals surface area contributed by atoms with Crippen LogP contribution >= 0.6 is 0 Å². The van der Waals surface area contributed by atoms with E-state index in [2.05, 4.69) is 25.4 Å². The van der Waals surface area contributed by atoms with Gasteiger partial charge >= 0.3 is 0 Å². The molecule has 3 aromatic rings. The van der Waals surface area contributed by atoms with Crippen molar-refractivity contribution in [3.05, 3.63) is 35.4 Å². The smallest absolute Gasteiger partial charge is 0.258 e. The van der Waals surface area contributed by atoms with E-state index in [-0.39, 0.29) is 5.91 Å². The molecule has 7 heteroatoms. The third-order valence-corrected chi connectivity index (χ3v) is 2.72. The van der Waals surface area contributed by atoms with Crippen LogP contribution in [-0.4, -0.2) is 26.0 Å². The van der Waals surface area contributed by atoms with Crippen LogP contribution in [0.25, 0.3) is 11.1 Å². The molecule has 19 heavy (non-hydrogen) atoms. The summed E-state index contributed by atoms with van der Waals surface area (Å²) in [5, 5.41) is 7.13. The molecular weight excluding hydrogens is 246 g/mol. The molecule has 3 heterocycles. The molecule has 0 unspecified atom stereocenters. The molecule has 3 aromatic heterocycles. The highest BCUT2D eigenvalue weighted by Gasteiger charge is 2.18. The lowest BCUT2D eigenvalue weighted by Crippen LogP contribution is -2.14. The number of nitrogens with one attached hydrogen (secondary N) is 2. The Morgan fingerprint density at radius 1 is 1.42 bits per heavy atom. The normalized spacial score (nSPS) is 10.8. The molecule has 0 fully saturated rings. The summed E-state index contributed by atoms with van der Waals surface area (Å²) in [4.78, 5) is 23.2. The van der Waals surface area contributed by atoms with Gasteiger partial charge in [-0.1, -0.05) is 5.16 Å². The number of imidazole rings is 1. The second kappa shape index (κ2) is 4.20. The van der Waals surface area contributed by atoms with Crippen molar-refractivity contribution in [3.63, 3.8) is 0 Å². The maximum absolute atomic E-state index is 12.3. The van der Waals surface area contributed by atoms with Crippen molar-refractivity contribution >= 4 is 23.0 Å². The Kier molecular flexibility index (Phi) is 2.52. The maximum Gasteiger partial charge on any atom is 0.258 e. The first-order valence-electron chi connectivity index (χ1n) is 5.69. The summed E-state index contributed by atoms with van der Waals surface area (Å²) in [6.45, 7) is 3.56. The fourth-order valence-electron chi connectivity index (χ4n) is 1.91. The molecule has 0 saturated carbocycles. The number of hydrogen-bond donors (Lipinski definition) is 2. The number of carbonyl (C=O) groups is 1. The van der Waals surface area contributed by atoms with E-state index in [9.17, 15) is 4.79 Å². The van der Waals surface area contributed by atoms with Crippen molar-refractivity contribution in [2.24, 2.45) is 0 Å². The number of pyridine rings is 1. The fraction of sp³-hybridized carbons (Fsp3) is 0.167. The maximum atomic E-state index is 12.3. The highest BCUT2D eigenvalue weighted by atomic mass is 16.5. The zero-order valence-corrected chi connectivity index (χ0v) is 10.4. The molecule has 1 amide bonds. The van der Waals surface area contributed by atoms with Gasteiger partial charge in [-0.05, 0) is 19.9 Å². The predicted molar refractivity (Wildman–Crippen MR) is 67.8 cm³/mol. The Bertz CT molecular complexity index is 745. The van der Waals surface area contributed by atoms with Crippen LogP contribution in [0.4, 0.5) is 5.95 Å². The standard InChI is InChI=1S/C12H11N5O2/c1-6-5-8(9-7(2)17-19-11(9)15-6)10(18)16-12-13-3-4-14-12/h3-5H,1-2H3,(H2,13,14,16,18). The van der Waals surface area contributed by atoms with Crippen LogP contribution in [0.5, 0.6) is 0 Å². The zero-order chi connectivity index (χ0) is 13.4. The summed E-state index contributed by atoms with van der Waals surface area (Å²) in [6, 6.07) is 1.70. The van der Waals surface area contributed by atoms with E-state index in [1.54, 1.807) is 32.3 Å². The van der Waals surface area contributed by atoms with Gasteiger partial charge in [-0.2, -0.15) is 0 Å². The highest BCUT2D eigenvalue weighted by molar-refractivity contribution is 6.11. The van der Waals surface area contributed by atoms with E-state index < -0.39 is 0 Å². The summed E-state index contributed by atoms with van der Waals surface area (Å²) < 4.78 is 5.09. The fourth-order valence-corrected chi connectivity index (χ4v) is 1.91. The van der Waals surface area contributed by atoms with Crippen molar-refractivity contribution in [2.75, 3.05) is 5.32 Å². The summed E-state index contributed by atoms with van der Waals surface area (Å²) >= 11 is 0. The lowest BCUT2D eigenvalue weighted by atomic mass is 10.1.